The normalized spacial score (nSPS) is 12.2. The number of aliphatic hydroxyl groups is 1. The van der Waals surface area contributed by atoms with Gasteiger partial charge in [0.25, 0.3) is 0 Å². The van der Waals surface area contributed by atoms with Gasteiger partial charge < -0.3 is 14.6 Å². The molecule has 0 aliphatic carbocycles. The Hall–Kier alpha value is -1.10. The Morgan fingerprint density at radius 1 is 1.50 bits per heavy atom. The van der Waals surface area contributed by atoms with Crippen LogP contribution in [-0.2, 0) is 20.9 Å². The van der Waals surface area contributed by atoms with Crippen LogP contribution in [0.5, 0.6) is 0 Å². The molecule has 1 unspecified atom stereocenters. The van der Waals surface area contributed by atoms with Crippen molar-refractivity contribution < 1.29 is 19.4 Å². The van der Waals surface area contributed by atoms with E-state index < -0.39 is 12.1 Å². The molecule has 1 aromatic carbocycles. The van der Waals surface area contributed by atoms with Gasteiger partial charge in [0.1, 0.15) is 0 Å². The fourth-order valence-electron chi connectivity index (χ4n) is 1.25. The molecule has 88 valence electrons. The van der Waals surface area contributed by atoms with Crippen LogP contribution in [0.25, 0.3) is 0 Å². The summed E-state index contributed by atoms with van der Waals surface area (Å²) in [5.41, 5.74) is 1.20. The second-order valence-corrected chi connectivity index (χ2v) is 3.62. The summed E-state index contributed by atoms with van der Waals surface area (Å²) in [5, 5.41) is 10.0. The Morgan fingerprint density at radius 2 is 2.19 bits per heavy atom. The first-order valence-electron chi connectivity index (χ1n) is 4.63. The second-order valence-electron chi connectivity index (χ2n) is 3.21. The molecule has 0 aliphatic rings. The van der Waals surface area contributed by atoms with E-state index >= 15 is 0 Å². The highest BCUT2D eigenvalue weighted by molar-refractivity contribution is 6.31. The fraction of sp³-hybridized carbons (Fsp3) is 0.364. The Balaban J connectivity index is 2.92. The van der Waals surface area contributed by atoms with Crippen LogP contribution >= 0.6 is 11.6 Å². The van der Waals surface area contributed by atoms with Crippen molar-refractivity contribution in [1.29, 1.82) is 0 Å². The van der Waals surface area contributed by atoms with E-state index in [0.29, 0.717) is 17.2 Å². The van der Waals surface area contributed by atoms with Gasteiger partial charge in [-0.2, -0.15) is 0 Å². The highest BCUT2D eigenvalue weighted by Crippen LogP contribution is 2.23. The lowest BCUT2D eigenvalue weighted by atomic mass is 10.1. The molecule has 1 N–H and O–H groups in total. The Bertz CT molecular complexity index is 378. The number of ether oxygens (including phenoxy) is 2. The van der Waals surface area contributed by atoms with Gasteiger partial charge in [-0.1, -0.05) is 23.7 Å². The Morgan fingerprint density at radius 3 is 2.69 bits per heavy atom. The largest absolute Gasteiger partial charge is 0.467 e. The lowest BCUT2D eigenvalue weighted by Gasteiger charge is -2.10. The maximum absolute atomic E-state index is 11.1. The summed E-state index contributed by atoms with van der Waals surface area (Å²) in [7, 11) is 2.78. The van der Waals surface area contributed by atoms with Crippen molar-refractivity contribution in [2.45, 2.75) is 12.7 Å². The number of rotatable bonds is 4. The number of benzene rings is 1. The SMILES string of the molecule is COCc1ccc(C(O)C(=O)OC)cc1Cl. The number of halogens is 1. The van der Waals surface area contributed by atoms with Crippen LogP contribution in [-0.4, -0.2) is 25.3 Å². The summed E-state index contributed by atoms with van der Waals surface area (Å²) >= 11 is 5.96. The van der Waals surface area contributed by atoms with E-state index in [-0.39, 0.29) is 0 Å². The van der Waals surface area contributed by atoms with Crippen molar-refractivity contribution in [3.63, 3.8) is 0 Å². The van der Waals surface area contributed by atoms with Gasteiger partial charge in [-0.05, 0) is 17.2 Å². The van der Waals surface area contributed by atoms with Crippen LogP contribution in [0.4, 0.5) is 0 Å². The van der Waals surface area contributed by atoms with E-state index in [4.69, 9.17) is 16.3 Å². The van der Waals surface area contributed by atoms with E-state index in [2.05, 4.69) is 4.74 Å². The van der Waals surface area contributed by atoms with E-state index in [1.54, 1.807) is 19.2 Å². The molecule has 0 aliphatic heterocycles. The van der Waals surface area contributed by atoms with Gasteiger partial charge in [0.2, 0.25) is 0 Å². The molecular formula is C11H13ClO4. The van der Waals surface area contributed by atoms with Crippen molar-refractivity contribution in [2.75, 3.05) is 14.2 Å². The quantitative estimate of drug-likeness (QED) is 0.819. The molecule has 1 rings (SSSR count). The number of esters is 1. The predicted molar refractivity (Wildman–Crippen MR) is 59.1 cm³/mol. The monoisotopic (exact) mass is 244 g/mol. The van der Waals surface area contributed by atoms with E-state index in [0.717, 1.165) is 5.56 Å². The van der Waals surface area contributed by atoms with Gasteiger partial charge in [0.15, 0.2) is 6.10 Å². The van der Waals surface area contributed by atoms with Crippen LogP contribution in [0.15, 0.2) is 18.2 Å². The molecular weight excluding hydrogens is 232 g/mol. The average molecular weight is 245 g/mol. The molecule has 5 heteroatoms. The average Bonchev–Trinajstić information content (AvgIpc) is 2.30. The predicted octanol–water partition coefficient (Wildman–Crippen LogP) is 1.69. The van der Waals surface area contributed by atoms with E-state index in [1.807, 2.05) is 0 Å². The van der Waals surface area contributed by atoms with Crippen molar-refractivity contribution in [3.05, 3.63) is 34.3 Å². The fourth-order valence-corrected chi connectivity index (χ4v) is 1.50. The molecule has 0 radical (unpaired) electrons. The van der Waals surface area contributed by atoms with Crippen LogP contribution in [0.2, 0.25) is 5.02 Å². The minimum atomic E-state index is -1.31. The zero-order valence-electron chi connectivity index (χ0n) is 9.07. The minimum Gasteiger partial charge on any atom is -0.467 e. The maximum atomic E-state index is 11.1. The number of hydrogen-bond donors (Lipinski definition) is 1. The first-order valence-corrected chi connectivity index (χ1v) is 5.01. The van der Waals surface area contributed by atoms with Crippen molar-refractivity contribution in [3.8, 4) is 0 Å². The Kier molecular flexibility index (Phi) is 4.73. The van der Waals surface area contributed by atoms with Gasteiger partial charge in [-0.25, -0.2) is 4.79 Å². The lowest BCUT2D eigenvalue weighted by molar-refractivity contribution is -0.150. The zero-order valence-corrected chi connectivity index (χ0v) is 9.82. The smallest absolute Gasteiger partial charge is 0.339 e. The minimum absolute atomic E-state index is 0.382. The van der Waals surface area contributed by atoms with Crippen LogP contribution in [0, 0.1) is 0 Å². The number of aliphatic hydroxyl groups excluding tert-OH is 1. The molecule has 0 aromatic heterocycles. The molecule has 0 bridgehead atoms. The molecule has 0 saturated heterocycles. The van der Waals surface area contributed by atoms with Crippen molar-refractivity contribution >= 4 is 17.6 Å². The summed E-state index contributed by atoms with van der Waals surface area (Å²) < 4.78 is 9.37. The van der Waals surface area contributed by atoms with Gasteiger partial charge in [-0.15, -0.1) is 0 Å². The molecule has 4 nitrogen and oxygen atoms in total. The number of hydrogen-bond acceptors (Lipinski definition) is 4. The van der Waals surface area contributed by atoms with Crippen molar-refractivity contribution in [2.24, 2.45) is 0 Å². The van der Waals surface area contributed by atoms with Crippen LogP contribution in [0.1, 0.15) is 17.2 Å². The van der Waals surface area contributed by atoms with Gasteiger partial charge in [-0.3, -0.25) is 0 Å². The van der Waals surface area contributed by atoms with Crippen molar-refractivity contribution in [1.82, 2.24) is 0 Å². The number of methoxy groups -OCH3 is 2. The highest BCUT2D eigenvalue weighted by atomic mass is 35.5. The van der Waals surface area contributed by atoms with E-state index in [1.165, 1.54) is 13.2 Å². The van der Waals surface area contributed by atoms with Gasteiger partial charge in [0, 0.05) is 12.1 Å². The maximum Gasteiger partial charge on any atom is 0.339 e. The molecule has 0 heterocycles. The molecule has 16 heavy (non-hydrogen) atoms. The number of carbonyl (C=O) groups is 1. The topological polar surface area (TPSA) is 55.8 Å². The van der Waals surface area contributed by atoms with Crippen LogP contribution < -0.4 is 0 Å². The number of carbonyl (C=O) groups excluding carboxylic acids is 1. The first-order chi connectivity index (χ1) is 7.60. The zero-order chi connectivity index (χ0) is 12.1. The third-order valence-electron chi connectivity index (χ3n) is 2.12. The summed E-state index contributed by atoms with van der Waals surface area (Å²) in [6.45, 7) is 0.382. The first kappa shape index (κ1) is 13.0. The molecule has 0 spiro atoms. The second kappa shape index (κ2) is 5.84. The molecule has 0 amide bonds. The van der Waals surface area contributed by atoms with Gasteiger partial charge >= 0.3 is 5.97 Å². The summed E-state index contributed by atoms with van der Waals surface area (Å²) in [5.74, 6) is -0.712. The molecule has 0 fully saturated rings. The molecule has 0 saturated carbocycles. The Labute approximate surface area is 98.7 Å². The van der Waals surface area contributed by atoms with Crippen LogP contribution in [0.3, 0.4) is 0 Å². The third-order valence-corrected chi connectivity index (χ3v) is 2.47. The molecule has 1 atom stereocenters. The highest BCUT2D eigenvalue weighted by Gasteiger charge is 2.18. The molecule has 1 aromatic rings. The van der Waals surface area contributed by atoms with E-state index in [9.17, 15) is 9.90 Å². The summed E-state index contributed by atoms with van der Waals surface area (Å²) in [4.78, 5) is 11.1. The third kappa shape index (κ3) is 2.95. The van der Waals surface area contributed by atoms with Gasteiger partial charge in [0.05, 0.1) is 13.7 Å². The summed E-state index contributed by atoms with van der Waals surface area (Å²) in [6.07, 6.45) is -1.31. The standard InChI is InChI=1S/C11H13ClO4/c1-15-6-8-4-3-7(5-9(8)12)10(13)11(14)16-2/h3-5,10,13H,6H2,1-2H3. The summed E-state index contributed by atoms with van der Waals surface area (Å²) in [6, 6.07) is 4.84. The lowest BCUT2D eigenvalue weighted by Crippen LogP contribution is -2.13.